The number of fused-ring (bicyclic) bond motifs is 1. The van der Waals surface area contributed by atoms with Crippen molar-refractivity contribution in [1.82, 2.24) is 0 Å². The van der Waals surface area contributed by atoms with Gasteiger partial charge in [-0.1, -0.05) is 0 Å². The van der Waals surface area contributed by atoms with Gasteiger partial charge < -0.3 is 20.9 Å². The lowest BCUT2D eigenvalue weighted by Gasteiger charge is -2.41. The first-order valence-corrected chi connectivity index (χ1v) is 8.19. The highest BCUT2D eigenvalue weighted by Gasteiger charge is 2.46. The Morgan fingerprint density at radius 3 is 2.36 bits per heavy atom. The molecule has 1 aliphatic heterocycles. The van der Waals surface area contributed by atoms with Crippen molar-refractivity contribution in [3.63, 3.8) is 0 Å². The van der Waals surface area contributed by atoms with Gasteiger partial charge in [0.2, 0.25) is 6.10 Å². The molecule has 0 saturated heterocycles. The van der Waals surface area contributed by atoms with Crippen LogP contribution in [0.15, 0.2) is 0 Å². The van der Waals surface area contributed by atoms with Crippen LogP contribution in [0.5, 0.6) is 0 Å². The average Bonchev–Trinajstić information content (AvgIpc) is 2.73. The average molecular weight is 380 g/mol. The second-order valence-corrected chi connectivity index (χ2v) is 7.98. The normalized spacial score (nSPS) is 19.8. The summed E-state index contributed by atoms with van der Waals surface area (Å²) in [6.45, 7) is 7.13. The van der Waals surface area contributed by atoms with Crippen LogP contribution in [0.25, 0.3) is 0 Å². The topological polar surface area (TPSA) is 102 Å². The lowest BCUT2D eigenvalue weighted by molar-refractivity contribution is -0.202. The molecule has 2 amide bonds. The predicted molar refractivity (Wildman–Crippen MR) is 85.4 cm³/mol. The number of anilines is 1. The summed E-state index contributed by atoms with van der Waals surface area (Å²) in [7, 11) is 0. The molecule has 0 bridgehead atoms. The van der Waals surface area contributed by atoms with E-state index in [2.05, 4.69) is 0 Å². The summed E-state index contributed by atoms with van der Waals surface area (Å²) in [5.74, 6) is -2.55. The lowest BCUT2D eigenvalue weighted by Crippen LogP contribution is -2.42. The van der Waals surface area contributed by atoms with Crippen LogP contribution >= 0.6 is 11.3 Å². The molecule has 10 heteroatoms. The van der Waals surface area contributed by atoms with Crippen molar-refractivity contribution >= 4 is 28.2 Å². The van der Waals surface area contributed by atoms with Gasteiger partial charge in [-0.2, -0.15) is 13.2 Å². The van der Waals surface area contributed by atoms with Crippen LogP contribution in [0, 0.1) is 0 Å². The van der Waals surface area contributed by atoms with E-state index in [1.165, 1.54) is 0 Å². The summed E-state index contributed by atoms with van der Waals surface area (Å²) < 4.78 is 43.4. The zero-order valence-corrected chi connectivity index (χ0v) is 14.9. The maximum Gasteiger partial charge on any atom is 0.423 e. The van der Waals surface area contributed by atoms with E-state index in [4.69, 9.17) is 15.6 Å². The largest absolute Gasteiger partial charge is 0.423 e. The van der Waals surface area contributed by atoms with Crippen molar-refractivity contribution in [2.45, 2.75) is 57.6 Å². The number of halogens is 3. The van der Waals surface area contributed by atoms with E-state index in [9.17, 15) is 22.8 Å². The Kier molecular flexibility index (Phi) is 4.69. The number of aliphatic hydroxyl groups is 1. The molecule has 0 aliphatic carbocycles. The van der Waals surface area contributed by atoms with Crippen molar-refractivity contribution in [3.8, 4) is 0 Å². The van der Waals surface area contributed by atoms with Gasteiger partial charge in [-0.05, 0) is 33.3 Å². The molecule has 0 saturated carbocycles. The van der Waals surface area contributed by atoms with Crippen LogP contribution in [-0.2, 0) is 21.6 Å². The van der Waals surface area contributed by atoms with Gasteiger partial charge in [-0.3, -0.25) is 9.59 Å². The third-order valence-corrected chi connectivity index (χ3v) is 5.18. The molecule has 1 unspecified atom stereocenters. The van der Waals surface area contributed by atoms with Crippen molar-refractivity contribution in [2.24, 2.45) is 5.73 Å². The van der Waals surface area contributed by atoms with E-state index in [0.717, 1.165) is 11.3 Å². The fourth-order valence-corrected chi connectivity index (χ4v) is 4.26. The zero-order valence-electron chi connectivity index (χ0n) is 14.1. The van der Waals surface area contributed by atoms with E-state index >= 15 is 0 Å². The van der Waals surface area contributed by atoms with E-state index in [-0.39, 0.29) is 10.6 Å². The van der Waals surface area contributed by atoms with Gasteiger partial charge in [-0.25, -0.2) is 0 Å². The fraction of sp³-hybridized carbons (Fsp3) is 0.600. The first kappa shape index (κ1) is 19.7. The standard InChI is InChI=1S/C15H19F3N2O4S/c1-13(2)5-6-7(10(19)22)12(25-9(6)14(3,4)24-13)20-11(23)8(21)15(16,17)18/h8,21H,5H2,1-4H3,(H2,19,22)(H,20,23). The number of hydrogen-bond donors (Lipinski definition) is 3. The molecule has 1 atom stereocenters. The van der Waals surface area contributed by atoms with Crippen LogP contribution in [0.1, 0.15) is 48.5 Å². The first-order chi connectivity index (χ1) is 11.2. The molecule has 1 aliphatic rings. The molecule has 2 rings (SSSR count). The molecule has 1 aromatic rings. The van der Waals surface area contributed by atoms with E-state index in [0.29, 0.717) is 16.9 Å². The number of alkyl halides is 3. The van der Waals surface area contributed by atoms with Crippen LogP contribution in [0.4, 0.5) is 18.2 Å². The van der Waals surface area contributed by atoms with Gasteiger partial charge in [0.05, 0.1) is 16.8 Å². The molecule has 4 N–H and O–H groups in total. The number of rotatable bonds is 3. The van der Waals surface area contributed by atoms with Gasteiger partial charge in [-0.15, -0.1) is 11.3 Å². The molecule has 1 aromatic heterocycles. The van der Waals surface area contributed by atoms with Crippen molar-refractivity contribution in [2.75, 3.05) is 5.32 Å². The number of carbonyl (C=O) groups excluding carboxylic acids is 2. The second kappa shape index (κ2) is 5.96. The minimum absolute atomic E-state index is 0.0489. The number of ether oxygens (including phenoxy) is 1. The Bertz CT molecular complexity index is 725. The second-order valence-electron chi connectivity index (χ2n) is 6.96. The van der Waals surface area contributed by atoms with E-state index in [1.807, 2.05) is 19.2 Å². The number of hydrogen-bond acceptors (Lipinski definition) is 5. The highest BCUT2D eigenvalue weighted by molar-refractivity contribution is 7.17. The van der Waals surface area contributed by atoms with Crippen LogP contribution in [-0.4, -0.2) is 34.8 Å². The molecule has 140 valence electrons. The maximum absolute atomic E-state index is 12.5. The Morgan fingerprint density at radius 1 is 1.32 bits per heavy atom. The zero-order chi connectivity index (χ0) is 19.4. The van der Waals surface area contributed by atoms with Gasteiger partial charge in [0, 0.05) is 11.3 Å². The Balaban J connectivity index is 2.50. The van der Waals surface area contributed by atoms with Crippen molar-refractivity contribution in [1.29, 1.82) is 0 Å². The SMILES string of the molecule is CC1(C)Cc2c(sc(NC(=O)C(O)C(F)(F)F)c2C(N)=O)C(C)(C)O1. The Morgan fingerprint density at radius 2 is 1.88 bits per heavy atom. The van der Waals surface area contributed by atoms with Crippen LogP contribution in [0.3, 0.4) is 0 Å². The third-order valence-electron chi connectivity index (χ3n) is 3.73. The summed E-state index contributed by atoms with van der Waals surface area (Å²) >= 11 is 0.918. The summed E-state index contributed by atoms with van der Waals surface area (Å²) in [6, 6.07) is 0. The number of amides is 2. The smallest absolute Gasteiger partial charge is 0.376 e. The molecule has 0 fully saturated rings. The van der Waals surface area contributed by atoms with E-state index < -0.39 is 35.3 Å². The minimum atomic E-state index is -5.11. The number of aliphatic hydroxyl groups excluding tert-OH is 1. The Labute approximate surface area is 146 Å². The highest BCUT2D eigenvalue weighted by atomic mass is 32.1. The summed E-state index contributed by atoms with van der Waals surface area (Å²) in [5, 5.41) is 10.9. The quantitative estimate of drug-likeness (QED) is 0.749. The number of carbonyl (C=O) groups is 2. The molecule has 6 nitrogen and oxygen atoms in total. The van der Waals surface area contributed by atoms with Gasteiger partial charge in [0.15, 0.2) is 0 Å². The number of primary amides is 1. The molecular weight excluding hydrogens is 361 g/mol. The number of nitrogens with one attached hydrogen (secondary N) is 1. The van der Waals surface area contributed by atoms with Crippen molar-refractivity contribution in [3.05, 3.63) is 16.0 Å². The summed E-state index contributed by atoms with van der Waals surface area (Å²) in [5.41, 5.74) is 4.43. The Hall–Kier alpha value is -1.65. The van der Waals surface area contributed by atoms with Crippen molar-refractivity contribution < 1.29 is 32.6 Å². The van der Waals surface area contributed by atoms with Crippen LogP contribution in [0.2, 0.25) is 0 Å². The number of nitrogens with two attached hydrogens (primary N) is 1. The molecule has 2 heterocycles. The van der Waals surface area contributed by atoms with Gasteiger partial charge in [0.25, 0.3) is 11.8 Å². The molecule has 0 aromatic carbocycles. The molecular formula is C15H19F3N2O4S. The third kappa shape index (κ3) is 3.80. The maximum atomic E-state index is 12.5. The highest BCUT2D eigenvalue weighted by Crippen LogP contribution is 2.48. The summed E-state index contributed by atoms with van der Waals surface area (Å²) in [4.78, 5) is 24.1. The van der Waals surface area contributed by atoms with Gasteiger partial charge >= 0.3 is 6.18 Å². The van der Waals surface area contributed by atoms with Gasteiger partial charge in [0.1, 0.15) is 5.00 Å². The summed E-state index contributed by atoms with van der Waals surface area (Å²) in [6.07, 6.45) is -8.01. The predicted octanol–water partition coefficient (Wildman–Crippen LogP) is 2.30. The molecule has 0 spiro atoms. The molecule has 25 heavy (non-hydrogen) atoms. The first-order valence-electron chi connectivity index (χ1n) is 7.37. The minimum Gasteiger partial charge on any atom is -0.376 e. The van der Waals surface area contributed by atoms with Crippen LogP contribution < -0.4 is 11.1 Å². The van der Waals surface area contributed by atoms with E-state index in [1.54, 1.807) is 13.8 Å². The number of thiophene rings is 1. The molecule has 0 radical (unpaired) electrons. The lowest BCUT2D eigenvalue weighted by atomic mass is 9.86. The fourth-order valence-electron chi connectivity index (χ4n) is 3.00. The monoisotopic (exact) mass is 380 g/mol.